The van der Waals surface area contributed by atoms with Gasteiger partial charge in [0.25, 0.3) is 0 Å². The molecule has 0 saturated heterocycles. The fourth-order valence-electron chi connectivity index (χ4n) is 2.81. The number of rotatable bonds is 5. The number of hydrogen-bond acceptors (Lipinski definition) is 4. The quantitative estimate of drug-likeness (QED) is 0.675. The first kappa shape index (κ1) is 16.0. The third-order valence-corrected chi connectivity index (χ3v) is 4.71. The van der Waals surface area contributed by atoms with Crippen LogP contribution in [-0.2, 0) is 17.8 Å². The normalized spacial score (nSPS) is 14.0. The number of anilines is 1. The molecule has 2 aromatic rings. The van der Waals surface area contributed by atoms with Crippen molar-refractivity contribution < 1.29 is 4.79 Å². The van der Waals surface area contributed by atoms with Crippen molar-refractivity contribution in [1.82, 2.24) is 9.71 Å². The average molecular weight is 327 g/mol. The molecule has 1 aromatic heterocycles. The number of nitrogens with one attached hydrogen (secondary N) is 1. The molecule has 0 unspecified atom stereocenters. The Labute approximate surface area is 141 Å². The molecular weight excluding hydrogens is 306 g/mol. The molecule has 4 nitrogen and oxygen atoms in total. The molecule has 1 amide bonds. The highest BCUT2D eigenvalue weighted by Gasteiger charge is 2.20. The average Bonchev–Trinajstić information content (AvgIpc) is 2.58. The zero-order chi connectivity index (χ0) is 16.2. The van der Waals surface area contributed by atoms with E-state index in [1.54, 1.807) is 16.8 Å². The molecule has 0 saturated carbocycles. The lowest BCUT2D eigenvalue weighted by molar-refractivity contribution is -0.118. The van der Waals surface area contributed by atoms with E-state index in [1.807, 2.05) is 25.5 Å². The number of amides is 1. The summed E-state index contributed by atoms with van der Waals surface area (Å²) in [4.78, 5) is 17.9. The van der Waals surface area contributed by atoms with Gasteiger partial charge in [0.2, 0.25) is 5.91 Å². The molecule has 120 valence electrons. The zero-order valence-corrected chi connectivity index (χ0v) is 14.3. The van der Waals surface area contributed by atoms with E-state index < -0.39 is 0 Å². The summed E-state index contributed by atoms with van der Waals surface area (Å²) in [6.45, 7) is 2.93. The van der Waals surface area contributed by atoms with Gasteiger partial charge in [-0.25, -0.2) is 0 Å². The van der Waals surface area contributed by atoms with E-state index in [-0.39, 0.29) is 5.91 Å². The molecule has 0 radical (unpaired) electrons. The molecule has 0 spiro atoms. The number of benzene rings is 1. The monoisotopic (exact) mass is 327 g/mol. The number of pyridine rings is 1. The van der Waals surface area contributed by atoms with Crippen LogP contribution in [0.5, 0.6) is 0 Å². The smallest absolute Gasteiger partial charge is 0.227 e. The molecule has 3 rings (SSSR count). The first-order chi connectivity index (χ1) is 11.2. The van der Waals surface area contributed by atoms with E-state index in [9.17, 15) is 4.79 Å². The van der Waals surface area contributed by atoms with Crippen molar-refractivity contribution in [1.29, 1.82) is 0 Å². The number of hydrogen-bond donors (Lipinski definition) is 1. The van der Waals surface area contributed by atoms with E-state index in [0.29, 0.717) is 6.42 Å². The summed E-state index contributed by atoms with van der Waals surface area (Å²) in [5.74, 6) is 1.23. The maximum Gasteiger partial charge on any atom is 0.227 e. The van der Waals surface area contributed by atoms with Crippen LogP contribution < -0.4 is 9.62 Å². The molecule has 0 atom stereocenters. The van der Waals surface area contributed by atoms with Gasteiger partial charge in [0.1, 0.15) is 0 Å². The summed E-state index contributed by atoms with van der Waals surface area (Å²) in [5.41, 5.74) is 5.70. The van der Waals surface area contributed by atoms with Gasteiger partial charge >= 0.3 is 0 Å². The van der Waals surface area contributed by atoms with E-state index >= 15 is 0 Å². The van der Waals surface area contributed by atoms with Crippen LogP contribution in [0.2, 0.25) is 0 Å². The number of nitrogens with zero attached hydrogens (tertiary/aromatic N) is 2. The van der Waals surface area contributed by atoms with Crippen molar-refractivity contribution in [2.75, 3.05) is 17.7 Å². The van der Waals surface area contributed by atoms with E-state index in [4.69, 9.17) is 0 Å². The number of aromatic nitrogens is 1. The van der Waals surface area contributed by atoms with Crippen LogP contribution >= 0.6 is 11.9 Å². The summed E-state index contributed by atoms with van der Waals surface area (Å²) >= 11 is 1.71. The van der Waals surface area contributed by atoms with Gasteiger partial charge in [0, 0.05) is 49.4 Å². The predicted octanol–water partition coefficient (Wildman–Crippen LogP) is 3.42. The number of carbonyl (C=O) groups excluding carboxylic acids is 1. The highest BCUT2D eigenvalue weighted by molar-refractivity contribution is 7.97. The molecule has 1 aromatic carbocycles. The Morgan fingerprint density at radius 3 is 2.91 bits per heavy atom. The molecule has 1 N–H and O–H groups in total. The third kappa shape index (κ3) is 3.57. The van der Waals surface area contributed by atoms with Crippen LogP contribution in [-0.4, -0.2) is 23.7 Å². The van der Waals surface area contributed by atoms with Crippen molar-refractivity contribution in [3.05, 3.63) is 47.8 Å². The van der Waals surface area contributed by atoms with Crippen molar-refractivity contribution in [2.45, 2.75) is 26.3 Å². The minimum atomic E-state index is 0.188. The maximum atomic E-state index is 11.8. The van der Waals surface area contributed by atoms with Crippen LogP contribution in [0.3, 0.4) is 0 Å². The topological polar surface area (TPSA) is 45.2 Å². The van der Waals surface area contributed by atoms with Crippen molar-refractivity contribution in [3.8, 4) is 11.1 Å². The SMILES string of the molecule is CCSNCc1cncc(-c2ccc3c(c2)CCC(=O)N3C)c1. The summed E-state index contributed by atoms with van der Waals surface area (Å²) in [6, 6.07) is 8.48. The number of fused-ring (bicyclic) bond motifs is 1. The lowest BCUT2D eigenvalue weighted by Crippen LogP contribution is -2.30. The first-order valence-corrected chi connectivity index (χ1v) is 8.86. The van der Waals surface area contributed by atoms with Crippen molar-refractivity contribution in [2.24, 2.45) is 0 Å². The standard InChI is InChI=1S/C18H21N3OS/c1-3-23-20-11-13-8-16(12-19-10-13)14-4-6-17-15(9-14)5-7-18(22)21(17)2/h4,6,8-10,12,20H,3,5,7,11H2,1-2H3. The predicted molar refractivity (Wildman–Crippen MR) is 96.4 cm³/mol. The largest absolute Gasteiger partial charge is 0.315 e. The Morgan fingerprint density at radius 2 is 2.09 bits per heavy atom. The summed E-state index contributed by atoms with van der Waals surface area (Å²) < 4.78 is 3.32. The van der Waals surface area contributed by atoms with E-state index in [2.05, 4.69) is 34.8 Å². The van der Waals surface area contributed by atoms with Gasteiger partial charge < -0.3 is 4.90 Å². The van der Waals surface area contributed by atoms with E-state index in [1.165, 1.54) is 11.1 Å². The Bertz CT molecular complexity index is 717. The van der Waals surface area contributed by atoms with Crippen LogP contribution in [0.15, 0.2) is 36.7 Å². The maximum absolute atomic E-state index is 11.8. The second-order valence-electron chi connectivity index (χ2n) is 5.63. The first-order valence-electron chi connectivity index (χ1n) is 7.87. The summed E-state index contributed by atoms with van der Waals surface area (Å²) in [6.07, 6.45) is 5.20. The second kappa shape index (κ2) is 7.15. The molecule has 1 aliphatic rings. The molecule has 5 heteroatoms. The molecule has 1 aliphatic heterocycles. The van der Waals surface area contributed by atoms with Crippen molar-refractivity contribution >= 4 is 23.5 Å². The zero-order valence-electron chi connectivity index (χ0n) is 13.5. The van der Waals surface area contributed by atoms with Crippen LogP contribution in [0.1, 0.15) is 24.5 Å². The van der Waals surface area contributed by atoms with Crippen LogP contribution in [0.25, 0.3) is 11.1 Å². The van der Waals surface area contributed by atoms with Gasteiger partial charge in [-0.2, -0.15) is 0 Å². The van der Waals surface area contributed by atoms with Gasteiger partial charge in [-0.05, 0) is 41.3 Å². The van der Waals surface area contributed by atoms with Gasteiger partial charge in [-0.15, -0.1) is 0 Å². The minimum absolute atomic E-state index is 0.188. The van der Waals surface area contributed by atoms with Crippen LogP contribution in [0.4, 0.5) is 5.69 Å². The van der Waals surface area contributed by atoms with E-state index in [0.717, 1.165) is 35.5 Å². The molecule has 23 heavy (non-hydrogen) atoms. The Balaban J connectivity index is 1.85. The fraction of sp³-hybridized carbons (Fsp3) is 0.333. The Hall–Kier alpha value is -1.85. The fourth-order valence-corrected chi connectivity index (χ4v) is 3.29. The lowest BCUT2D eigenvalue weighted by Gasteiger charge is -2.26. The summed E-state index contributed by atoms with van der Waals surface area (Å²) in [5, 5.41) is 0. The van der Waals surface area contributed by atoms with Gasteiger partial charge in [0.15, 0.2) is 0 Å². The Morgan fingerprint density at radius 1 is 1.22 bits per heavy atom. The Kier molecular flexibility index (Phi) is 4.98. The molecule has 0 aliphatic carbocycles. The van der Waals surface area contributed by atoms with Crippen molar-refractivity contribution in [3.63, 3.8) is 0 Å². The molecule has 0 fully saturated rings. The van der Waals surface area contributed by atoms with Gasteiger partial charge in [0.05, 0.1) is 0 Å². The second-order valence-corrected chi connectivity index (χ2v) is 6.79. The van der Waals surface area contributed by atoms with Crippen LogP contribution in [0, 0.1) is 0 Å². The molecule has 0 bridgehead atoms. The lowest BCUT2D eigenvalue weighted by atomic mass is 9.96. The number of aryl methyl sites for hydroxylation is 1. The molecule has 2 heterocycles. The van der Waals surface area contributed by atoms with Gasteiger partial charge in [-0.3, -0.25) is 14.5 Å². The highest BCUT2D eigenvalue weighted by atomic mass is 32.2. The highest BCUT2D eigenvalue weighted by Crippen LogP contribution is 2.31. The minimum Gasteiger partial charge on any atom is -0.315 e. The number of carbonyl (C=O) groups is 1. The van der Waals surface area contributed by atoms with Gasteiger partial charge in [-0.1, -0.05) is 24.9 Å². The molecular formula is C18H21N3OS. The third-order valence-electron chi connectivity index (χ3n) is 4.07. The summed E-state index contributed by atoms with van der Waals surface area (Å²) in [7, 11) is 1.85.